The van der Waals surface area contributed by atoms with Gasteiger partial charge in [-0.1, -0.05) is 17.4 Å². The van der Waals surface area contributed by atoms with Crippen molar-refractivity contribution in [2.45, 2.75) is 43.6 Å². The number of halogens is 1. The van der Waals surface area contributed by atoms with Gasteiger partial charge in [0, 0.05) is 38.4 Å². The van der Waals surface area contributed by atoms with E-state index in [-0.39, 0.29) is 23.4 Å². The van der Waals surface area contributed by atoms with Crippen molar-refractivity contribution >= 4 is 16.5 Å². The second kappa shape index (κ2) is 7.72. The van der Waals surface area contributed by atoms with E-state index in [1.807, 2.05) is 24.1 Å². The van der Waals surface area contributed by atoms with Gasteiger partial charge in [0.2, 0.25) is 5.13 Å². The molecule has 9 heteroatoms. The summed E-state index contributed by atoms with van der Waals surface area (Å²) >= 11 is 1.34. The van der Waals surface area contributed by atoms with Crippen molar-refractivity contribution in [2.24, 2.45) is 7.05 Å². The average Bonchev–Trinajstić information content (AvgIpc) is 3.40. The van der Waals surface area contributed by atoms with Gasteiger partial charge in [-0.3, -0.25) is 4.79 Å². The molecule has 0 amide bonds. The number of phenols is 1. The first-order valence-corrected chi connectivity index (χ1v) is 11.2. The SMILES string of the molecule is CN(c1nnc(-c2ccc(-c3ccn(C)c(=O)c3)cc2O)s1)[C@@H]1CC2CCC(N2)[C@@H]1F. The number of hydrogen-bond acceptors (Lipinski definition) is 7. The molecule has 4 atom stereocenters. The normalized spacial score (nSPS) is 25.0. The fraction of sp³-hybridized carbons (Fsp3) is 0.409. The molecule has 2 fully saturated rings. The molecule has 2 bridgehead atoms. The van der Waals surface area contributed by atoms with E-state index in [0.717, 1.165) is 30.4 Å². The highest BCUT2D eigenvalue weighted by atomic mass is 32.1. The van der Waals surface area contributed by atoms with Crippen LogP contribution in [0.25, 0.3) is 21.7 Å². The molecular weight excluding hydrogens is 417 g/mol. The zero-order valence-electron chi connectivity index (χ0n) is 17.3. The van der Waals surface area contributed by atoms with E-state index in [2.05, 4.69) is 15.5 Å². The lowest BCUT2D eigenvalue weighted by atomic mass is 9.97. The summed E-state index contributed by atoms with van der Waals surface area (Å²) < 4.78 is 16.4. The molecule has 0 saturated carbocycles. The van der Waals surface area contributed by atoms with Crippen LogP contribution in [-0.2, 0) is 7.05 Å². The number of fused-ring (bicyclic) bond motifs is 2. The molecule has 2 saturated heterocycles. The van der Waals surface area contributed by atoms with Crippen molar-refractivity contribution in [3.05, 3.63) is 46.9 Å². The summed E-state index contributed by atoms with van der Waals surface area (Å²) in [6.45, 7) is 0. The predicted molar refractivity (Wildman–Crippen MR) is 119 cm³/mol. The minimum absolute atomic E-state index is 0.0619. The number of benzene rings is 1. The Hall–Kier alpha value is -2.78. The molecule has 3 aromatic rings. The molecule has 4 heterocycles. The van der Waals surface area contributed by atoms with E-state index in [9.17, 15) is 14.3 Å². The number of alkyl halides is 1. The number of rotatable bonds is 4. The third-order valence-electron chi connectivity index (χ3n) is 6.43. The largest absolute Gasteiger partial charge is 0.507 e. The molecule has 2 aromatic heterocycles. The van der Waals surface area contributed by atoms with Crippen molar-refractivity contribution in [3.8, 4) is 27.4 Å². The zero-order valence-corrected chi connectivity index (χ0v) is 18.1. The quantitative estimate of drug-likeness (QED) is 0.648. The summed E-state index contributed by atoms with van der Waals surface area (Å²) in [6, 6.07) is 8.66. The van der Waals surface area contributed by atoms with Gasteiger partial charge >= 0.3 is 0 Å². The molecule has 2 unspecified atom stereocenters. The smallest absolute Gasteiger partial charge is 0.250 e. The highest BCUT2D eigenvalue weighted by Crippen LogP contribution is 2.39. The van der Waals surface area contributed by atoms with Gasteiger partial charge in [0.25, 0.3) is 5.56 Å². The van der Waals surface area contributed by atoms with Crippen LogP contribution in [0.3, 0.4) is 0 Å². The fourth-order valence-corrected chi connectivity index (χ4v) is 5.48. The second-order valence-electron chi connectivity index (χ2n) is 8.39. The molecule has 7 nitrogen and oxygen atoms in total. The standard InChI is InChI=1S/C22H24FN5O2S/c1-27-8-7-13(10-19(27)30)12-3-5-15(18(29)9-12)21-25-26-22(31-21)28(2)17-11-14-4-6-16(24-14)20(17)23/h3,5,7-10,14,16-17,20,24,29H,4,6,11H2,1-2H3/t14?,16?,17-,20+/m1/s1. The Labute approximate surface area is 183 Å². The number of nitrogens with zero attached hydrogens (tertiary/aromatic N) is 4. The van der Waals surface area contributed by atoms with Crippen LogP contribution in [0, 0.1) is 0 Å². The number of nitrogens with one attached hydrogen (secondary N) is 1. The van der Waals surface area contributed by atoms with E-state index in [0.29, 0.717) is 21.7 Å². The summed E-state index contributed by atoms with van der Waals surface area (Å²) in [5, 5.41) is 23.7. The van der Waals surface area contributed by atoms with E-state index >= 15 is 0 Å². The van der Waals surface area contributed by atoms with Crippen molar-refractivity contribution in [2.75, 3.05) is 11.9 Å². The van der Waals surface area contributed by atoms with Crippen LogP contribution in [0.15, 0.2) is 41.3 Å². The van der Waals surface area contributed by atoms with Gasteiger partial charge in [-0.05, 0) is 48.6 Å². The van der Waals surface area contributed by atoms with Gasteiger partial charge in [-0.25, -0.2) is 4.39 Å². The molecule has 2 aliphatic rings. The Morgan fingerprint density at radius 3 is 2.81 bits per heavy atom. The van der Waals surface area contributed by atoms with Gasteiger partial charge in [-0.2, -0.15) is 0 Å². The lowest BCUT2D eigenvalue weighted by Gasteiger charge is -2.38. The molecule has 31 heavy (non-hydrogen) atoms. The topological polar surface area (TPSA) is 83.3 Å². The molecule has 5 rings (SSSR count). The zero-order chi connectivity index (χ0) is 21.7. The van der Waals surface area contributed by atoms with Gasteiger partial charge in [0.15, 0.2) is 5.01 Å². The lowest BCUT2D eigenvalue weighted by Crippen LogP contribution is -2.55. The lowest BCUT2D eigenvalue weighted by molar-refractivity contribution is 0.176. The van der Waals surface area contributed by atoms with Crippen molar-refractivity contribution < 1.29 is 9.50 Å². The monoisotopic (exact) mass is 441 g/mol. The number of anilines is 1. The minimum Gasteiger partial charge on any atom is -0.507 e. The van der Waals surface area contributed by atoms with Gasteiger partial charge in [0.05, 0.1) is 11.6 Å². The highest BCUT2D eigenvalue weighted by Gasteiger charge is 2.44. The number of pyridine rings is 1. The van der Waals surface area contributed by atoms with Crippen molar-refractivity contribution in [1.82, 2.24) is 20.1 Å². The van der Waals surface area contributed by atoms with Gasteiger partial charge < -0.3 is 19.9 Å². The maximum absolute atomic E-state index is 14.9. The van der Waals surface area contributed by atoms with Crippen molar-refractivity contribution in [1.29, 1.82) is 0 Å². The molecule has 0 aliphatic carbocycles. The first-order chi connectivity index (χ1) is 14.9. The van der Waals surface area contributed by atoms with Crippen molar-refractivity contribution in [3.63, 3.8) is 0 Å². The van der Waals surface area contributed by atoms with Crippen LogP contribution in [0.4, 0.5) is 9.52 Å². The molecular formula is C22H24FN5O2S. The summed E-state index contributed by atoms with van der Waals surface area (Å²) in [7, 11) is 3.56. The maximum Gasteiger partial charge on any atom is 0.250 e. The van der Waals surface area contributed by atoms with Crippen LogP contribution < -0.4 is 15.8 Å². The Bertz CT molecular complexity index is 1180. The Morgan fingerprint density at radius 1 is 1.23 bits per heavy atom. The summed E-state index contributed by atoms with van der Waals surface area (Å²) in [6.07, 6.45) is 3.40. The first kappa shape index (κ1) is 20.1. The molecule has 0 radical (unpaired) electrons. The molecule has 2 aliphatic heterocycles. The summed E-state index contributed by atoms with van der Waals surface area (Å²) in [4.78, 5) is 13.8. The Balaban J connectivity index is 1.39. The number of piperidine rings is 1. The Morgan fingerprint density at radius 2 is 2.03 bits per heavy atom. The van der Waals surface area contributed by atoms with E-state index in [1.54, 1.807) is 25.4 Å². The van der Waals surface area contributed by atoms with Crippen LogP contribution >= 0.6 is 11.3 Å². The van der Waals surface area contributed by atoms with Crippen LogP contribution in [-0.4, -0.2) is 51.2 Å². The second-order valence-corrected chi connectivity index (χ2v) is 9.35. The third kappa shape index (κ3) is 3.61. The Kier molecular flexibility index (Phi) is 5.02. The molecule has 2 N–H and O–H groups in total. The number of aromatic nitrogens is 3. The average molecular weight is 442 g/mol. The summed E-state index contributed by atoms with van der Waals surface area (Å²) in [5.74, 6) is 0.0619. The van der Waals surface area contributed by atoms with Crippen LogP contribution in [0.5, 0.6) is 5.75 Å². The predicted octanol–water partition coefficient (Wildman–Crippen LogP) is 2.94. The van der Waals surface area contributed by atoms with Gasteiger partial charge in [0.1, 0.15) is 11.9 Å². The number of hydrogen-bond donors (Lipinski definition) is 2. The molecule has 162 valence electrons. The molecule has 1 aromatic carbocycles. The van der Waals surface area contributed by atoms with Gasteiger partial charge in [-0.15, -0.1) is 10.2 Å². The number of aryl methyl sites for hydroxylation is 1. The fourth-order valence-electron chi connectivity index (χ4n) is 4.58. The summed E-state index contributed by atoms with van der Waals surface area (Å²) in [5.41, 5.74) is 1.92. The van der Waals surface area contributed by atoms with E-state index in [4.69, 9.17) is 0 Å². The number of aromatic hydroxyl groups is 1. The minimum atomic E-state index is -0.942. The van der Waals surface area contributed by atoms with E-state index in [1.165, 1.54) is 22.0 Å². The first-order valence-electron chi connectivity index (χ1n) is 10.4. The van der Waals surface area contributed by atoms with E-state index < -0.39 is 6.17 Å². The highest BCUT2D eigenvalue weighted by molar-refractivity contribution is 7.18. The molecule has 0 spiro atoms. The van der Waals surface area contributed by atoms with Crippen LogP contribution in [0.2, 0.25) is 0 Å². The number of phenolic OH excluding ortho intramolecular Hbond substituents is 1. The maximum atomic E-state index is 14.9. The van der Waals surface area contributed by atoms with Crippen LogP contribution in [0.1, 0.15) is 19.3 Å². The third-order valence-corrected chi connectivity index (χ3v) is 7.48.